The molecule has 0 fully saturated rings. The van der Waals surface area contributed by atoms with Crippen molar-refractivity contribution in [3.63, 3.8) is 0 Å². The molecule has 0 atom stereocenters. The van der Waals surface area contributed by atoms with E-state index in [1.165, 1.54) is 12.1 Å². The summed E-state index contributed by atoms with van der Waals surface area (Å²) >= 11 is 3.44. The Morgan fingerprint density at radius 2 is 1.85 bits per heavy atom. The Morgan fingerprint density at radius 3 is 2.55 bits per heavy atom. The molecular formula is C25H19BrFN3O3. The van der Waals surface area contributed by atoms with Gasteiger partial charge in [0.1, 0.15) is 5.82 Å². The molecule has 0 bridgehead atoms. The molecule has 4 rings (SSSR count). The Balaban J connectivity index is 1.79. The zero-order valence-corrected chi connectivity index (χ0v) is 19.4. The number of fused-ring (bicyclic) bond motifs is 1. The van der Waals surface area contributed by atoms with Crippen LogP contribution in [0.2, 0.25) is 0 Å². The zero-order chi connectivity index (χ0) is 23.5. The minimum atomic E-state index is -0.736. The molecule has 0 aliphatic rings. The summed E-state index contributed by atoms with van der Waals surface area (Å²) in [6.45, 7) is 3.66. The number of aromatic nitrogens is 2. The summed E-state index contributed by atoms with van der Waals surface area (Å²) in [4.78, 5) is 34.0. The van der Waals surface area contributed by atoms with Gasteiger partial charge in [0.25, 0.3) is 5.91 Å². The highest BCUT2D eigenvalue weighted by molar-refractivity contribution is 9.10. The Hall–Kier alpha value is -3.65. The molecule has 0 unspecified atom stereocenters. The number of carbonyl (C=O) groups is 2. The van der Waals surface area contributed by atoms with Crippen molar-refractivity contribution in [3.05, 3.63) is 87.9 Å². The number of carbonyl (C=O) groups excluding carboxylic acids is 2. The highest BCUT2D eigenvalue weighted by Crippen LogP contribution is 2.32. The minimum absolute atomic E-state index is 0.0436. The van der Waals surface area contributed by atoms with E-state index in [0.717, 1.165) is 16.1 Å². The van der Waals surface area contributed by atoms with Crippen molar-refractivity contribution in [2.75, 3.05) is 11.9 Å². The van der Waals surface area contributed by atoms with E-state index in [2.05, 4.69) is 26.2 Å². The first-order chi connectivity index (χ1) is 15.9. The molecule has 2 aromatic heterocycles. The Morgan fingerprint density at radius 1 is 1.09 bits per heavy atom. The van der Waals surface area contributed by atoms with Gasteiger partial charge in [0.15, 0.2) is 0 Å². The molecule has 0 aliphatic carbocycles. The second-order valence-electron chi connectivity index (χ2n) is 7.23. The van der Waals surface area contributed by atoms with Gasteiger partial charge in [-0.3, -0.25) is 9.78 Å². The van der Waals surface area contributed by atoms with Gasteiger partial charge in [-0.1, -0.05) is 15.9 Å². The highest BCUT2D eigenvalue weighted by atomic mass is 79.9. The summed E-state index contributed by atoms with van der Waals surface area (Å²) in [6.07, 6.45) is 3.31. The molecule has 0 saturated carbocycles. The van der Waals surface area contributed by atoms with Crippen LogP contribution in [0.25, 0.3) is 22.2 Å². The average molecular weight is 508 g/mol. The van der Waals surface area contributed by atoms with E-state index in [-0.39, 0.29) is 17.9 Å². The van der Waals surface area contributed by atoms with Crippen LogP contribution in [0.4, 0.5) is 10.1 Å². The number of hydrogen-bond donors (Lipinski definition) is 1. The van der Waals surface area contributed by atoms with E-state index in [0.29, 0.717) is 27.7 Å². The third-order valence-corrected chi connectivity index (χ3v) is 5.59. The fourth-order valence-corrected chi connectivity index (χ4v) is 3.92. The molecule has 2 heterocycles. The van der Waals surface area contributed by atoms with Gasteiger partial charge in [-0.2, -0.15) is 0 Å². The largest absolute Gasteiger partial charge is 0.462 e. The lowest BCUT2D eigenvalue weighted by Gasteiger charge is -2.15. The monoisotopic (exact) mass is 507 g/mol. The van der Waals surface area contributed by atoms with Crippen molar-refractivity contribution in [2.45, 2.75) is 13.8 Å². The Bertz CT molecular complexity index is 1380. The van der Waals surface area contributed by atoms with Crippen molar-refractivity contribution in [1.29, 1.82) is 0 Å². The molecule has 33 heavy (non-hydrogen) atoms. The maximum absolute atomic E-state index is 14.7. The van der Waals surface area contributed by atoms with Crippen LogP contribution in [0.3, 0.4) is 0 Å². The van der Waals surface area contributed by atoms with Crippen LogP contribution < -0.4 is 5.32 Å². The van der Waals surface area contributed by atoms with Gasteiger partial charge >= 0.3 is 5.97 Å². The Labute approximate surface area is 198 Å². The predicted octanol–water partition coefficient (Wildman–Crippen LogP) is 5.94. The number of nitrogens with one attached hydrogen (secondary N) is 1. The molecule has 0 radical (unpaired) electrons. The minimum Gasteiger partial charge on any atom is -0.462 e. The second kappa shape index (κ2) is 9.46. The molecule has 1 N–H and O–H groups in total. The number of pyridine rings is 2. The van der Waals surface area contributed by atoms with Crippen LogP contribution in [-0.4, -0.2) is 28.5 Å². The average Bonchev–Trinajstić information content (AvgIpc) is 2.80. The number of halogens is 2. The number of rotatable bonds is 5. The van der Waals surface area contributed by atoms with Gasteiger partial charge in [0, 0.05) is 27.8 Å². The van der Waals surface area contributed by atoms with Crippen molar-refractivity contribution in [1.82, 2.24) is 9.97 Å². The van der Waals surface area contributed by atoms with Gasteiger partial charge in [-0.25, -0.2) is 14.2 Å². The van der Waals surface area contributed by atoms with Crippen LogP contribution >= 0.6 is 15.9 Å². The summed E-state index contributed by atoms with van der Waals surface area (Å²) in [5, 5.41) is 3.26. The number of amides is 1. The fraction of sp³-hybridized carbons (Fsp3) is 0.120. The fourth-order valence-electron chi connectivity index (χ4n) is 3.56. The van der Waals surface area contributed by atoms with Gasteiger partial charge in [-0.15, -0.1) is 0 Å². The summed E-state index contributed by atoms with van der Waals surface area (Å²) in [6, 6.07) is 12.9. The molecule has 0 spiro atoms. The van der Waals surface area contributed by atoms with E-state index in [9.17, 15) is 14.0 Å². The second-order valence-corrected chi connectivity index (χ2v) is 8.14. The molecule has 2 aromatic carbocycles. The summed E-state index contributed by atoms with van der Waals surface area (Å²) in [5.41, 5.74) is 3.12. The van der Waals surface area contributed by atoms with Gasteiger partial charge in [-0.05, 0) is 67.9 Å². The first-order valence-electron chi connectivity index (χ1n) is 10.2. The smallest absolute Gasteiger partial charge is 0.338 e. The number of benzene rings is 2. The van der Waals surface area contributed by atoms with Crippen molar-refractivity contribution >= 4 is 44.4 Å². The molecule has 0 aliphatic heterocycles. The van der Waals surface area contributed by atoms with Gasteiger partial charge in [0.2, 0.25) is 0 Å². The molecule has 166 valence electrons. The van der Waals surface area contributed by atoms with E-state index in [1.807, 2.05) is 24.3 Å². The lowest BCUT2D eigenvalue weighted by molar-refractivity contribution is 0.0525. The first-order valence-corrected chi connectivity index (χ1v) is 11.0. The molecular weight excluding hydrogens is 489 g/mol. The third kappa shape index (κ3) is 4.61. The number of anilines is 1. The third-order valence-electron chi connectivity index (χ3n) is 5.10. The van der Waals surface area contributed by atoms with E-state index >= 15 is 0 Å². The number of hydrogen-bond acceptors (Lipinski definition) is 5. The summed E-state index contributed by atoms with van der Waals surface area (Å²) in [5.74, 6) is -1.85. The van der Waals surface area contributed by atoms with Crippen molar-refractivity contribution < 1.29 is 18.7 Å². The van der Waals surface area contributed by atoms with Crippen molar-refractivity contribution in [3.8, 4) is 11.3 Å². The van der Waals surface area contributed by atoms with E-state index in [1.54, 1.807) is 32.3 Å². The summed E-state index contributed by atoms with van der Waals surface area (Å²) in [7, 11) is 0. The lowest BCUT2D eigenvalue weighted by Crippen LogP contribution is -2.16. The zero-order valence-electron chi connectivity index (χ0n) is 17.9. The van der Waals surface area contributed by atoms with E-state index in [4.69, 9.17) is 9.72 Å². The SMILES string of the molecule is CCOC(=O)c1ccc(NC(=O)c2c(C)c(-c3ccncc3)nc3ccc(Br)cc23)c(F)c1. The molecule has 6 nitrogen and oxygen atoms in total. The van der Waals surface area contributed by atoms with Crippen LogP contribution in [0.1, 0.15) is 33.2 Å². The normalized spacial score (nSPS) is 10.8. The highest BCUT2D eigenvalue weighted by Gasteiger charge is 2.21. The maximum atomic E-state index is 14.7. The van der Waals surface area contributed by atoms with Crippen LogP contribution in [0, 0.1) is 12.7 Å². The number of nitrogens with zero attached hydrogens (tertiary/aromatic N) is 2. The van der Waals surface area contributed by atoms with Crippen molar-refractivity contribution in [2.24, 2.45) is 0 Å². The first kappa shape index (κ1) is 22.5. The maximum Gasteiger partial charge on any atom is 0.338 e. The molecule has 8 heteroatoms. The predicted molar refractivity (Wildman–Crippen MR) is 128 cm³/mol. The number of ether oxygens (including phenoxy) is 1. The molecule has 0 saturated heterocycles. The van der Waals surface area contributed by atoms with Crippen LogP contribution in [0.5, 0.6) is 0 Å². The van der Waals surface area contributed by atoms with E-state index < -0.39 is 17.7 Å². The van der Waals surface area contributed by atoms with Gasteiger partial charge < -0.3 is 10.1 Å². The molecule has 1 amide bonds. The number of esters is 1. The Kier molecular flexibility index (Phi) is 6.46. The van der Waals surface area contributed by atoms with Crippen LogP contribution in [-0.2, 0) is 4.74 Å². The standard InChI is InChI=1S/C25H19BrFN3O3/c1-3-33-25(32)16-4-6-21(19(27)12-16)30-24(31)22-14(2)23(15-8-10-28-11-9-15)29-20-7-5-17(26)13-18(20)22/h4-13H,3H2,1-2H3,(H,30,31). The topological polar surface area (TPSA) is 81.2 Å². The summed E-state index contributed by atoms with van der Waals surface area (Å²) < 4.78 is 20.4. The van der Waals surface area contributed by atoms with Gasteiger partial charge in [0.05, 0.1) is 34.6 Å². The van der Waals surface area contributed by atoms with Crippen LogP contribution in [0.15, 0.2) is 65.4 Å². The molecule has 4 aromatic rings. The lowest BCUT2D eigenvalue weighted by atomic mass is 9.97. The quantitative estimate of drug-likeness (QED) is 0.338.